The molecule has 2 rings (SSSR count). The van der Waals surface area contributed by atoms with E-state index in [2.05, 4.69) is 21.2 Å². The van der Waals surface area contributed by atoms with Crippen molar-refractivity contribution in [2.75, 3.05) is 5.32 Å². The summed E-state index contributed by atoms with van der Waals surface area (Å²) in [6, 6.07) is 6.55. The number of benzene rings is 1. The third-order valence-corrected chi connectivity index (χ3v) is 4.86. The van der Waals surface area contributed by atoms with Gasteiger partial charge in [0.2, 0.25) is 0 Å². The number of nitrogens with one attached hydrogen (secondary N) is 1. The largest absolute Gasteiger partial charge is 0.378 e. The number of hydrogen-bond donors (Lipinski definition) is 1. The summed E-state index contributed by atoms with van der Waals surface area (Å²) in [4.78, 5) is 10.5. The first-order valence-electron chi connectivity index (χ1n) is 5.53. The highest BCUT2D eigenvalue weighted by Gasteiger charge is 2.16. The van der Waals surface area contributed by atoms with E-state index in [9.17, 15) is 10.1 Å². The molecule has 1 atom stereocenters. The van der Waals surface area contributed by atoms with Crippen LogP contribution in [0.4, 0.5) is 11.4 Å². The van der Waals surface area contributed by atoms with Crippen LogP contribution in [0.25, 0.3) is 0 Å². The number of halogens is 3. The minimum absolute atomic E-state index is 0.0108. The van der Waals surface area contributed by atoms with Crippen LogP contribution in [-0.2, 0) is 0 Å². The van der Waals surface area contributed by atoms with Crippen LogP contribution in [0.1, 0.15) is 18.5 Å². The van der Waals surface area contributed by atoms with Crippen LogP contribution in [-0.4, -0.2) is 4.92 Å². The van der Waals surface area contributed by atoms with Gasteiger partial charge in [0.25, 0.3) is 5.69 Å². The molecular formula is C12H9BrCl2N2O2S. The van der Waals surface area contributed by atoms with Crippen LogP contribution in [0, 0.1) is 10.1 Å². The van der Waals surface area contributed by atoms with Crippen LogP contribution in [0.2, 0.25) is 8.67 Å². The molecule has 1 unspecified atom stereocenters. The molecule has 0 saturated heterocycles. The number of nitro groups is 1. The van der Waals surface area contributed by atoms with Crippen molar-refractivity contribution in [1.82, 2.24) is 0 Å². The maximum absolute atomic E-state index is 10.9. The van der Waals surface area contributed by atoms with E-state index in [4.69, 9.17) is 23.2 Å². The summed E-state index contributed by atoms with van der Waals surface area (Å²) in [6.45, 7) is 1.91. The fraction of sp³-hybridized carbons (Fsp3) is 0.167. The van der Waals surface area contributed by atoms with E-state index < -0.39 is 4.92 Å². The Morgan fingerprint density at radius 1 is 1.40 bits per heavy atom. The maximum Gasteiger partial charge on any atom is 0.285 e. The Balaban J connectivity index is 2.24. The van der Waals surface area contributed by atoms with Crippen molar-refractivity contribution in [2.45, 2.75) is 13.0 Å². The predicted octanol–water partition coefficient (Wildman–Crippen LogP) is 5.90. The molecule has 1 heterocycles. The molecule has 1 aromatic heterocycles. The van der Waals surface area contributed by atoms with E-state index in [-0.39, 0.29) is 11.7 Å². The molecule has 20 heavy (non-hydrogen) atoms. The Morgan fingerprint density at radius 3 is 2.65 bits per heavy atom. The van der Waals surface area contributed by atoms with Crippen molar-refractivity contribution in [3.05, 3.63) is 53.1 Å². The summed E-state index contributed by atoms with van der Waals surface area (Å²) < 4.78 is 1.67. The molecule has 0 aliphatic carbocycles. The van der Waals surface area contributed by atoms with E-state index in [1.165, 1.54) is 17.4 Å². The van der Waals surface area contributed by atoms with E-state index in [1.807, 2.05) is 6.92 Å². The van der Waals surface area contributed by atoms with Gasteiger partial charge in [-0.25, -0.2) is 0 Å². The molecule has 0 saturated carbocycles. The fourth-order valence-electron chi connectivity index (χ4n) is 1.72. The van der Waals surface area contributed by atoms with Crippen molar-refractivity contribution in [3.63, 3.8) is 0 Å². The smallest absolute Gasteiger partial charge is 0.285 e. The Bertz CT molecular complexity index is 663. The Morgan fingerprint density at radius 2 is 2.10 bits per heavy atom. The second-order valence-corrected chi connectivity index (χ2v) is 7.21. The molecule has 0 aliphatic rings. The number of nitrogens with zero attached hydrogens (tertiary/aromatic N) is 1. The molecule has 0 amide bonds. The third-order valence-electron chi connectivity index (χ3n) is 2.68. The summed E-state index contributed by atoms with van der Waals surface area (Å²) >= 11 is 16.4. The number of hydrogen-bond acceptors (Lipinski definition) is 4. The third kappa shape index (κ3) is 3.44. The first-order valence-corrected chi connectivity index (χ1v) is 7.90. The highest BCUT2D eigenvalue weighted by Crippen LogP contribution is 2.37. The molecule has 8 heteroatoms. The van der Waals surface area contributed by atoms with Gasteiger partial charge >= 0.3 is 0 Å². The zero-order chi connectivity index (χ0) is 14.9. The van der Waals surface area contributed by atoms with Crippen molar-refractivity contribution in [3.8, 4) is 0 Å². The van der Waals surface area contributed by atoms with Gasteiger partial charge in [-0.2, -0.15) is 0 Å². The lowest BCUT2D eigenvalue weighted by atomic mass is 10.1. The molecule has 0 spiro atoms. The van der Waals surface area contributed by atoms with Gasteiger partial charge in [-0.05, 0) is 41.1 Å². The van der Waals surface area contributed by atoms with Gasteiger partial charge in [-0.1, -0.05) is 23.2 Å². The normalized spacial score (nSPS) is 12.2. The fourth-order valence-corrected chi connectivity index (χ4v) is 3.76. The summed E-state index contributed by atoms with van der Waals surface area (Å²) in [7, 11) is 0. The molecule has 0 radical (unpaired) electrons. The molecule has 2 aromatic rings. The van der Waals surface area contributed by atoms with Crippen molar-refractivity contribution >= 4 is 61.8 Å². The standard InChI is InChI=1S/C12H9BrCl2N2O2S/c1-6(8-5-11(14)20-12(8)15)16-7-2-3-9(13)10(4-7)17(18)19/h2-6,16H,1H3. The highest BCUT2D eigenvalue weighted by molar-refractivity contribution is 9.10. The molecule has 0 fully saturated rings. The lowest BCUT2D eigenvalue weighted by Gasteiger charge is -2.14. The minimum Gasteiger partial charge on any atom is -0.378 e. The number of thiophene rings is 1. The first kappa shape index (κ1) is 15.6. The monoisotopic (exact) mass is 394 g/mol. The average molecular weight is 396 g/mol. The van der Waals surface area contributed by atoms with Gasteiger partial charge in [0, 0.05) is 17.3 Å². The van der Waals surface area contributed by atoms with Crippen LogP contribution in [0.5, 0.6) is 0 Å². The number of anilines is 1. The van der Waals surface area contributed by atoms with Crippen LogP contribution >= 0.6 is 50.5 Å². The minimum atomic E-state index is -0.436. The van der Waals surface area contributed by atoms with Crippen LogP contribution < -0.4 is 5.32 Å². The summed E-state index contributed by atoms with van der Waals surface area (Å²) in [6.07, 6.45) is 0. The van der Waals surface area contributed by atoms with Gasteiger partial charge in [0.15, 0.2) is 0 Å². The van der Waals surface area contributed by atoms with Gasteiger partial charge in [0.1, 0.15) is 0 Å². The Labute approximate surface area is 138 Å². The highest BCUT2D eigenvalue weighted by atomic mass is 79.9. The van der Waals surface area contributed by atoms with E-state index in [1.54, 1.807) is 18.2 Å². The van der Waals surface area contributed by atoms with Crippen molar-refractivity contribution in [2.24, 2.45) is 0 Å². The molecule has 0 bridgehead atoms. The molecule has 4 nitrogen and oxygen atoms in total. The first-order chi connectivity index (χ1) is 9.38. The summed E-state index contributed by atoms with van der Waals surface area (Å²) in [5, 5.41) is 14.1. The Kier molecular flexibility index (Phi) is 4.90. The molecular weight excluding hydrogens is 387 g/mol. The molecule has 0 aliphatic heterocycles. The molecule has 1 aromatic carbocycles. The van der Waals surface area contributed by atoms with E-state index >= 15 is 0 Å². The van der Waals surface area contributed by atoms with Gasteiger partial charge in [-0.15, -0.1) is 11.3 Å². The van der Waals surface area contributed by atoms with Gasteiger partial charge < -0.3 is 5.32 Å². The second kappa shape index (κ2) is 6.30. The second-order valence-electron chi connectivity index (χ2n) is 4.07. The lowest BCUT2D eigenvalue weighted by Crippen LogP contribution is -2.06. The van der Waals surface area contributed by atoms with Crippen LogP contribution in [0.3, 0.4) is 0 Å². The summed E-state index contributed by atoms with van der Waals surface area (Å²) in [5.74, 6) is 0. The average Bonchev–Trinajstić information content (AvgIpc) is 2.70. The number of nitro benzene ring substituents is 1. The van der Waals surface area contributed by atoms with E-state index in [0.717, 1.165) is 5.56 Å². The zero-order valence-corrected chi connectivity index (χ0v) is 14.1. The Hall–Kier alpha value is -0.820. The number of rotatable bonds is 4. The lowest BCUT2D eigenvalue weighted by molar-refractivity contribution is -0.385. The van der Waals surface area contributed by atoms with Crippen molar-refractivity contribution < 1.29 is 4.92 Å². The van der Waals surface area contributed by atoms with Crippen molar-refractivity contribution in [1.29, 1.82) is 0 Å². The van der Waals surface area contributed by atoms with Crippen LogP contribution in [0.15, 0.2) is 28.7 Å². The zero-order valence-electron chi connectivity index (χ0n) is 10.2. The maximum atomic E-state index is 10.9. The molecule has 1 N–H and O–H groups in total. The SMILES string of the molecule is CC(Nc1ccc(Br)c([N+](=O)[O-])c1)c1cc(Cl)sc1Cl. The summed E-state index contributed by atoms with van der Waals surface area (Å²) in [5.41, 5.74) is 1.52. The van der Waals surface area contributed by atoms with E-state index in [0.29, 0.717) is 18.8 Å². The topological polar surface area (TPSA) is 55.2 Å². The predicted molar refractivity (Wildman–Crippen MR) is 87.2 cm³/mol. The van der Waals surface area contributed by atoms with Gasteiger partial charge in [0.05, 0.1) is 24.1 Å². The quantitative estimate of drug-likeness (QED) is 0.517. The van der Waals surface area contributed by atoms with Gasteiger partial charge in [-0.3, -0.25) is 10.1 Å². The molecule has 106 valence electrons.